The summed E-state index contributed by atoms with van der Waals surface area (Å²) in [6.45, 7) is 0. The molecule has 0 saturated carbocycles. The zero-order valence-electron chi connectivity index (χ0n) is 16.1. The van der Waals surface area contributed by atoms with Gasteiger partial charge in [0.2, 0.25) is 0 Å². The fourth-order valence-electron chi connectivity index (χ4n) is 4.53. The van der Waals surface area contributed by atoms with Crippen LogP contribution in [-0.2, 0) is 26.3 Å². The standard InChI is InChI=1S/C21H21F2N5O/c1-27-18-6-3-5-17(14(18)11-24-27)25-21(29)20-13-4-2-7-19(13)28(26-20)12-8-9-15(22)16(23)10-12/h8-11,17H,2-7H2,1H3,(H,25,29). The van der Waals surface area contributed by atoms with Crippen molar-refractivity contribution in [3.8, 4) is 5.69 Å². The Hall–Kier alpha value is -3.03. The number of hydrogen-bond acceptors (Lipinski definition) is 3. The number of aromatic nitrogens is 4. The Bertz CT molecular complexity index is 1120. The van der Waals surface area contributed by atoms with E-state index < -0.39 is 11.6 Å². The van der Waals surface area contributed by atoms with Crippen LogP contribution in [0.1, 0.15) is 58.3 Å². The van der Waals surface area contributed by atoms with Crippen LogP contribution in [-0.4, -0.2) is 25.5 Å². The minimum absolute atomic E-state index is 0.0922. The fourth-order valence-corrected chi connectivity index (χ4v) is 4.53. The monoisotopic (exact) mass is 397 g/mol. The number of aryl methyl sites for hydroxylation is 1. The van der Waals surface area contributed by atoms with Crippen LogP contribution >= 0.6 is 0 Å². The van der Waals surface area contributed by atoms with Gasteiger partial charge in [-0.25, -0.2) is 13.5 Å². The maximum absolute atomic E-state index is 13.7. The van der Waals surface area contributed by atoms with Crippen molar-refractivity contribution in [1.82, 2.24) is 24.9 Å². The fraction of sp³-hybridized carbons (Fsp3) is 0.381. The number of hydrogen-bond donors (Lipinski definition) is 1. The minimum Gasteiger partial charge on any atom is -0.344 e. The topological polar surface area (TPSA) is 64.7 Å². The molecule has 0 saturated heterocycles. The lowest BCUT2D eigenvalue weighted by Crippen LogP contribution is -2.31. The van der Waals surface area contributed by atoms with Gasteiger partial charge < -0.3 is 5.32 Å². The van der Waals surface area contributed by atoms with Crippen molar-refractivity contribution in [2.45, 2.75) is 44.6 Å². The van der Waals surface area contributed by atoms with E-state index in [-0.39, 0.29) is 11.9 Å². The lowest BCUT2D eigenvalue weighted by molar-refractivity contribution is 0.0926. The van der Waals surface area contributed by atoms with Crippen molar-refractivity contribution < 1.29 is 13.6 Å². The summed E-state index contributed by atoms with van der Waals surface area (Å²) >= 11 is 0. The van der Waals surface area contributed by atoms with E-state index in [4.69, 9.17) is 0 Å². The molecule has 1 aromatic carbocycles. The predicted molar refractivity (Wildman–Crippen MR) is 102 cm³/mol. The third kappa shape index (κ3) is 2.94. The Morgan fingerprint density at radius 2 is 1.97 bits per heavy atom. The van der Waals surface area contributed by atoms with Crippen molar-refractivity contribution in [2.24, 2.45) is 7.05 Å². The molecule has 0 fully saturated rings. The first-order valence-electron chi connectivity index (χ1n) is 9.90. The van der Waals surface area contributed by atoms with Gasteiger partial charge in [0, 0.05) is 35.6 Å². The number of halogens is 2. The van der Waals surface area contributed by atoms with Crippen molar-refractivity contribution in [1.29, 1.82) is 0 Å². The zero-order valence-corrected chi connectivity index (χ0v) is 16.1. The molecule has 0 bridgehead atoms. The van der Waals surface area contributed by atoms with Gasteiger partial charge in [-0.1, -0.05) is 0 Å². The number of carbonyl (C=O) groups excluding carboxylic acids is 1. The molecule has 2 aliphatic carbocycles. The van der Waals surface area contributed by atoms with Crippen LogP contribution in [0.4, 0.5) is 8.78 Å². The van der Waals surface area contributed by atoms with Crippen molar-refractivity contribution in [3.63, 3.8) is 0 Å². The lowest BCUT2D eigenvalue weighted by Gasteiger charge is -2.23. The molecular formula is C21H21F2N5O. The van der Waals surface area contributed by atoms with Gasteiger partial charge in [0.15, 0.2) is 17.3 Å². The summed E-state index contributed by atoms with van der Waals surface area (Å²) in [7, 11) is 1.92. The van der Waals surface area contributed by atoms with Crippen LogP contribution in [0.3, 0.4) is 0 Å². The first-order valence-corrected chi connectivity index (χ1v) is 9.90. The number of nitrogens with one attached hydrogen (secondary N) is 1. The van der Waals surface area contributed by atoms with E-state index in [1.54, 1.807) is 4.68 Å². The van der Waals surface area contributed by atoms with Gasteiger partial charge in [-0.15, -0.1) is 0 Å². The molecule has 3 aromatic rings. The summed E-state index contributed by atoms with van der Waals surface area (Å²) in [4.78, 5) is 13.1. The van der Waals surface area contributed by atoms with E-state index in [2.05, 4.69) is 15.5 Å². The second kappa shape index (κ2) is 6.79. The van der Waals surface area contributed by atoms with Gasteiger partial charge >= 0.3 is 0 Å². The number of fused-ring (bicyclic) bond motifs is 2. The second-order valence-corrected chi connectivity index (χ2v) is 7.73. The zero-order chi connectivity index (χ0) is 20.1. The number of nitrogens with zero attached hydrogens (tertiary/aromatic N) is 4. The summed E-state index contributed by atoms with van der Waals surface area (Å²) < 4.78 is 30.5. The average molecular weight is 397 g/mol. The quantitative estimate of drug-likeness (QED) is 0.738. The lowest BCUT2D eigenvalue weighted by atomic mass is 9.93. The second-order valence-electron chi connectivity index (χ2n) is 7.73. The third-order valence-corrected chi connectivity index (χ3v) is 5.97. The number of amides is 1. The normalized spacial score (nSPS) is 17.8. The van der Waals surface area contributed by atoms with Gasteiger partial charge in [-0.3, -0.25) is 9.48 Å². The molecule has 1 unspecified atom stereocenters. The van der Waals surface area contributed by atoms with E-state index in [0.29, 0.717) is 11.4 Å². The highest BCUT2D eigenvalue weighted by molar-refractivity contribution is 5.94. The van der Waals surface area contributed by atoms with E-state index in [0.717, 1.165) is 73.2 Å². The SMILES string of the molecule is Cn1ncc2c1CCCC2NC(=O)c1nn(-c2ccc(F)c(F)c2)c2c1CCC2. The number of benzene rings is 1. The van der Waals surface area contributed by atoms with Gasteiger partial charge in [0.25, 0.3) is 5.91 Å². The molecule has 6 nitrogen and oxygen atoms in total. The van der Waals surface area contributed by atoms with E-state index in [9.17, 15) is 13.6 Å². The summed E-state index contributed by atoms with van der Waals surface area (Å²) in [5.74, 6) is -2.06. The Morgan fingerprint density at radius 1 is 1.14 bits per heavy atom. The third-order valence-electron chi connectivity index (χ3n) is 5.97. The number of rotatable bonds is 3. The molecule has 1 atom stereocenters. The Balaban J connectivity index is 1.47. The van der Waals surface area contributed by atoms with E-state index >= 15 is 0 Å². The summed E-state index contributed by atoms with van der Waals surface area (Å²) in [5, 5.41) is 11.9. The van der Waals surface area contributed by atoms with Gasteiger partial charge in [0.1, 0.15) is 0 Å². The molecule has 1 N–H and O–H groups in total. The maximum Gasteiger partial charge on any atom is 0.272 e. The van der Waals surface area contributed by atoms with Crippen molar-refractivity contribution in [2.75, 3.05) is 0 Å². The predicted octanol–water partition coefficient (Wildman–Crippen LogP) is 3.18. The highest BCUT2D eigenvalue weighted by Crippen LogP contribution is 2.31. The molecule has 2 aliphatic rings. The minimum atomic E-state index is -0.929. The van der Waals surface area contributed by atoms with Crippen molar-refractivity contribution in [3.05, 3.63) is 64.2 Å². The first kappa shape index (κ1) is 18.0. The summed E-state index contributed by atoms with van der Waals surface area (Å²) in [5.41, 5.74) is 4.80. The molecular weight excluding hydrogens is 376 g/mol. The summed E-state index contributed by atoms with van der Waals surface area (Å²) in [6.07, 6.45) is 7.04. The molecule has 8 heteroatoms. The van der Waals surface area contributed by atoms with Gasteiger partial charge in [-0.05, 0) is 50.7 Å². The van der Waals surface area contributed by atoms with Crippen LogP contribution in [0.2, 0.25) is 0 Å². The average Bonchev–Trinajstić information content (AvgIpc) is 3.40. The van der Waals surface area contributed by atoms with Crippen molar-refractivity contribution >= 4 is 5.91 Å². The van der Waals surface area contributed by atoms with Gasteiger partial charge in [0.05, 0.1) is 17.9 Å². The van der Waals surface area contributed by atoms with Crippen LogP contribution in [0.25, 0.3) is 5.69 Å². The maximum atomic E-state index is 13.7. The van der Waals surface area contributed by atoms with E-state index in [1.807, 2.05) is 17.9 Å². The summed E-state index contributed by atoms with van der Waals surface area (Å²) in [6, 6.07) is 3.59. The molecule has 0 spiro atoms. The van der Waals surface area contributed by atoms with Crippen LogP contribution in [0, 0.1) is 11.6 Å². The highest BCUT2D eigenvalue weighted by atomic mass is 19.2. The Kier molecular flexibility index (Phi) is 4.22. The molecule has 0 radical (unpaired) electrons. The molecule has 2 heterocycles. The highest BCUT2D eigenvalue weighted by Gasteiger charge is 2.30. The molecule has 150 valence electrons. The number of carbonyl (C=O) groups is 1. The smallest absolute Gasteiger partial charge is 0.272 e. The molecule has 1 amide bonds. The van der Waals surface area contributed by atoms with E-state index in [1.165, 1.54) is 6.07 Å². The Morgan fingerprint density at radius 3 is 2.79 bits per heavy atom. The molecule has 29 heavy (non-hydrogen) atoms. The van der Waals surface area contributed by atoms with Crippen LogP contribution in [0.15, 0.2) is 24.4 Å². The molecule has 2 aromatic heterocycles. The largest absolute Gasteiger partial charge is 0.344 e. The van der Waals surface area contributed by atoms with Crippen LogP contribution in [0.5, 0.6) is 0 Å². The molecule has 0 aliphatic heterocycles. The molecule has 5 rings (SSSR count). The van der Waals surface area contributed by atoms with Gasteiger partial charge in [-0.2, -0.15) is 10.2 Å². The first-order chi connectivity index (χ1) is 14.0. The van der Waals surface area contributed by atoms with Crippen LogP contribution < -0.4 is 5.32 Å². The Labute approximate surface area is 166 Å².